The molecule has 2 aromatic heterocycles. The van der Waals surface area contributed by atoms with Crippen molar-refractivity contribution in [2.45, 2.75) is 26.2 Å². The predicted octanol–water partition coefficient (Wildman–Crippen LogP) is 3.14. The molecule has 1 fully saturated rings. The molecule has 106 valence electrons. The number of hydrogen-bond acceptors (Lipinski definition) is 4. The molecule has 0 unspecified atom stereocenters. The first-order chi connectivity index (χ1) is 9.70. The smallest absolute Gasteiger partial charge is 0.266 e. The van der Waals surface area contributed by atoms with E-state index in [1.165, 1.54) is 17.8 Å². The van der Waals surface area contributed by atoms with Gasteiger partial charge in [-0.05, 0) is 24.8 Å². The van der Waals surface area contributed by atoms with Crippen LogP contribution in [0.25, 0.3) is 10.1 Å². The van der Waals surface area contributed by atoms with Crippen molar-refractivity contribution in [2.75, 3.05) is 18.8 Å². The molecule has 1 aliphatic heterocycles. The number of rotatable bonds is 2. The highest BCUT2D eigenvalue weighted by atomic mass is 32.1. The summed E-state index contributed by atoms with van der Waals surface area (Å²) < 4.78 is 0.983. The molecule has 20 heavy (non-hydrogen) atoms. The molecule has 0 saturated carbocycles. The van der Waals surface area contributed by atoms with Crippen LogP contribution in [0.1, 0.15) is 35.9 Å². The summed E-state index contributed by atoms with van der Waals surface area (Å²) in [7, 11) is 0. The first kappa shape index (κ1) is 13.4. The van der Waals surface area contributed by atoms with Crippen molar-refractivity contribution >= 4 is 33.0 Å². The van der Waals surface area contributed by atoms with Gasteiger partial charge in [0.15, 0.2) is 0 Å². The van der Waals surface area contributed by atoms with Crippen molar-refractivity contribution in [3.05, 3.63) is 23.3 Å². The number of hydrogen-bond donors (Lipinski definition) is 1. The van der Waals surface area contributed by atoms with E-state index in [4.69, 9.17) is 5.73 Å². The Morgan fingerprint density at radius 3 is 2.90 bits per heavy atom. The molecule has 0 bridgehead atoms. The van der Waals surface area contributed by atoms with Gasteiger partial charge >= 0.3 is 0 Å². The van der Waals surface area contributed by atoms with Crippen LogP contribution in [0.15, 0.2) is 18.5 Å². The normalized spacial score (nSPS) is 16.8. The maximum Gasteiger partial charge on any atom is 0.266 e. The second kappa shape index (κ2) is 5.40. The van der Waals surface area contributed by atoms with Crippen LogP contribution < -0.4 is 5.73 Å². The van der Waals surface area contributed by atoms with Gasteiger partial charge in [-0.1, -0.05) is 13.3 Å². The summed E-state index contributed by atoms with van der Waals surface area (Å²) in [5.74, 6) is 0.848. The minimum absolute atomic E-state index is 0.0817. The minimum atomic E-state index is 0.0817. The van der Waals surface area contributed by atoms with Crippen LogP contribution in [-0.2, 0) is 0 Å². The predicted molar refractivity (Wildman–Crippen MR) is 83.0 cm³/mol. The average Bonchev–Trinajstić information content (AvgIpc) is 2.84. The highest BCUT2D eigenvalue weighted by molar-refractivity contribution is 7.21. The molecular formula is C15H19N3OS. The fourth-order valence-electron chi connectivity index (χ4n) is 2.82. The quantitative estimate of drug-likeness (QED) is 0.924. The summed E-state index contributed by atoms with van der Waals surface area (Å²) in [6, 6.07) is 1.88. The van der Waals surface area contributed by atoms with E-state index in [0.717, 1.165) is 41.9 Å². The van der Waals surface area contributed by atoms with Gasteiger partial charge < -0.3 is 10.6 Å². The van der Waals surface area contributed by atoms with Gasteiger partial charge in [-0.3, -0.25) is 9.78 Å². The first-order valence-corrected chi connectivity index (χ1v) is 7.93. The zero-order valence-corrected chi connectivity index (χ0v) is 12.4. The molecule has 0 spiro atoms. The third-order valence-corrected chi connectivity index (χ3v) is 5.35. The van der Waals surface area contributed by atoms with Gasteiger partial charge in [-0.25, -0.2) is 0 Å². The Hall–Kier alpha value is -1.62. The standard InChI is InChI=1S/C15H19N3OS/c1-2-10-4-7-18(8-5-10)15(19)14-13(16)11-3-6-17-9-12(11)20-14/h3,6,9-10H,2,4-5,7-8,16H2,1H3. The highest BCUT2D eigenvalue weighted by Gasteiger charge is 2.25. The number of anilines is 1. The zero-order valence-electron chi connectivity index (χ0n) is 11.6. The number of thiophene rings is 1. The van der Waals surface area contributed by atoms with Gasteiger partial charge in [0.25, 0.3) is 5.91 Å². The van der Waals surface area contributed by atoms with E-state index in [9.17, 15) is 4.79 Å². The van der Waals surface area contributed by atoms with E-state index >= 15 is 0 Å². The van der Waals surface area contributed by atoms with Gasteiger partial charge in [0, 0.05) is 30.9 Å². The molecule has 0 radical (unpaired) electrons. The summed E-state index contributed by atoms with van der Waals surface area (Å²) in [6.07, 6.45) is 6.91. The number of aromatic nitrogens is 1. The number of carbonyl (C=O) groups excluding carboxylic acids is 1. The zero-order chi connectivity index (χ0) is 14.1. The van der Waals surface area contributed by atoms with Crippen LogP contribution in [0.2, 0.25) is 0 Å². The van der Waals surface area contributed by atoms with Crippen LogP contribution in [0, 0.1) is 5.92 Å². The van der Waals surface area contributed by atoms with Gasteiger partial charge in [0.05, 0.1) is 10.4 Å². The summed E-state index contributed by atoms with van der Waals surface area (Å²) in [4.78, 5) is 19.3. The maximum absolute atomic E-state index is 12.6. The van der Waals surface area contributed by atoms with Gasteiger partial charge in [-0.15, -0.1) is 11.3 Å². The van der Waals surface area contributed by atoms with Crippen molar-refractivity contribution in [1.82, 2.24) is 9.88 Å². The molecule has 4 nitrogen and oxygen atoms in total. The Kier molecular flexibility index (Phi) is 3.61. The Labute approximate surface area is 122 Å². The minimum Gasteiger partial charge on any atom is -0.397 e. The lowest BCUT2D eigenvalue weighted by Crippen LogP contribution is -2.38. The molecule has 0 atom stereocenters. The molecule has 0 aromatic carbocycles. The Bertz CT molecular complexity index is 629. The number of amides is 1. The molecule has 1 amide bonds. The van der Waals surface area contributed by atoms with E-state index in [2.05, 4.69) is 11.9 Å². The maximum atomic E-state index is 12.6. The summed E-state index contributed by atoms with van der Waals surface area (Å²) in [5.41, 5.74) is 6.74. The number of nitrogens with zero attached hydrogens (tertiary/aromatic N) is 2. The third-order valence-electron chi connectivity index (χ3n) is 4.20. The molecular weight excluding hydrogens is 270 g/mol. The van der Waals surface area contributed by atoms with E-state index in [1.54, 1.807) is 12.4 Å². The van der Waals surface area contributed by atoms with Crippen molar-refractivity contribution in [3.8, 4) is 0 Å². The van der Waals surface area contributed by atoms with Crippen LogP contribution in [0.3, 0.4) is 0 Å². The van der Waals surface area contributed by atoms with Crippen LogP contribution in [0.5, 0.6) is 0 Å². The molecule has 2 N–H and O–H groups in total. The summed E-state index contributed by atoms with van der Waals surface area (Å²) >= 11 is 1.45. The number of likely N-dealkylation sites (tertiary alicyclic amines) is 1. The summed E-state index contributed by atoms with van der Waals surface area (Å²) in [5, 5.41) is 0.941. The van der Waals surface area contributed by atoms with Crippen molar-refractivity contribution in [1.29, 1.82) is 0 Å². The van der Waals surface area contributed by atoms with Gasteiger partial charge in [0.2, 0.25) is 0 Å². The second-order valence-corrected chi connectivity index (χ2v) is 6.41. The van der Waals surface area contributed by atoms with Crippen LogP contribution in [-0.4, -0.2) is 28.9 Å². The van der Waals surface area contributed by atoms with Gasteiger partial charge in [-0.2, -0.15) is 0 Å². The van der Waals surface area contributed by atoms with Crippen LogP contribution >= 0.6 is 11.3 Å². The number of fused-ring (bicyclic) bond motifs is 1. The SMILES string of the molecule is CCC1CCN(C(=O)c2sc3cnccc3c2N)CC1. The van der Waals surface area contributed by atoms with Crippen molar-refractivity contribution < 1.29 is 4.79 Å². The largest absolute Gasteiger partial charge is 0.397 e. The van der Waals surface area contributed by atoms with E-state index < -0.39 is 0 Å². The van der Waals surface area contributed by atoms with E-state index in [-0.39, 0.29) is 5.91 Å². The van der Waals surface area contributed by atoms with E-state index in [1.807, 2.05) is 11.0 Å². The molecule has 1 saturated heterocycles. The lowest BCUT2D eigenvalue weighted by Gasteiger charge is -2.31. The summed E-state index contributed by atoms with van der Waals surface area (Å²) in [6.45, 7) is 3.92. The molecule has 2 aromatic rings. The third kappa shape index (κ3) is 2.26. The lowest BCUT2D eigenvalue weighted by molar-refractivity contribution is 0.0695. The lowest BCUT2D eigenvalue weighted by atomic mass is 9.94. The molecule has 0 aliphatic carbocycles. The molecule has 3 heterocycles. The first-order valence-electron chi connectivity index (χ1n) is 7.12. The molecule has 1 aliphatic rings. The van der Waals surface area contributed by atoms with Crippen LogP contribution in [0.4, 0.5) is 5.69 Å². The fraction of sp³-hybridized carbons (Fsp3) is 0.467. The number of pyridine rings is 1. The monoisotopic (exact) mass is 289 g/mol. The number of nitrogen functional groups attached to an aromatic ring is 1. The van der Waals surface area contributed by atoms with Gasteiger partial charge in [0.1, 0.15) is 4.88 Å². The Morgan fingerprint density at radius 2 is 2.25 bits per heavy atom. The molecule has 3 rings (SSSR count). The fourth-order valence-corrected chi connectivity index (χ4v) is 3.88. The topological polar surface area (TPSA) is 59.2 Å². The number of carbonyl (C=O) groups is 1. The highest BCUT2D eigenvalue weighted by Crippen LogP contribution is 2.34. The van der Waals surface area contributed by atoms with E-state index in [0.29, 0.717) is 10.6 Å². The second-order valence-electron chi connectivity index (χ2n) is 5.36. The average molecular weight is 289 g/mol. The number of nitrogens with two attached hydrogens (primary N) is 1. The molecule has 5 heteroatoms. The van der Waals surface area contributed by atoms with Crippen molar-refractivity contribution in [3.63, 3.8) is 0 Å². The Morgan fingerprint density at radius 1 is 1.50 bits per heavy atom. The van der Waals surface area contributed by atoms with Crippen molar-refractivity contribution in [2.24, 2.45) is 5.92 Å². The number of piperidine rings is 1. The Balaban J connectivity index is 1.84.